The van der Waals surface area contributed by atoms with E-state index >= 15 is 0 Å². The lowest BCUT2D eigenvalue weighted by Crippen LogP contribution is -2.55. The van der Waals surface area contributed by atoms with E-state index in [-0.39, 0.29) is 34.2 Å². The van der Waals surface area contributed by atoms with Gasteiger partial charge >= 0.3 is 0 Å². The smallest absolute Gasteiger partial charge is 0.193 e. The fourth-order valence-electron chi connectivity index (χ4n) is 6.19. The maximum atomic E-state index is 13.3. The summed E-state index contributed by atoms with van der Waals surface area (Å²) >= 11 is 0. The van der Waals surface area contributed by atoms with Gasteiger partial charge in [-0.15, -0.1) is 0 Å². The number of ketones is 1. The van der Waals surface area contributed by atoms with Crippen LogP contribution in [0.2, 0.25) is 0 Å². The lowest BCUT2D eigenvalue weighted by Gasteiger charge is -2.56. The van der Waals surface area contributed by atoms with Crippen LogP contribution in [0.5, 0.6) is 17.2 Å². The highest BCUT2D eigenvalue weighted by molar-refractivity contribution is 6.11. The van der Waals surface area contributed by atoms with Gasteiger partial charge in [-0.3, -0.25) is 4.79 Å². The highest BCUT2D eigenvalue weighted by Crippen LogP contribution is 2.62. The normalized spacial score (nSPS) is 28.7. The molecular formula is C30H34O4. The van der Waals surface area contributed by atoms with Crippen LogP contribution in [0.15, 0.2) is 54.1 Å². The van der Waals surface area contributed by atoms with Crippen LogP contribution in [-0.4, -0.2) is 22.1 Å². The summed E-state index contributed by atoms with van der Waals surface area (Å²) in [4.78, 5) is 13.3. The van der Waals surface area contributed by atoms with Gasteiger partial charge in [0.2, 0.25) is 0 Å². The summed E-state index contributed by atoms with van der Waals surface area (Å²) in [6.07, 6.45) is 10.3. The average molecular weight is 459 g/mol. The van der Waals surface area contributed by atoms with Crippen molar-refractivity contribution in [3.8, 4) is 17.2 Å². The molecule has 0 spiro atoms. The summed E-state index contributed by atoms with van der Waals surface area (Å²) in [6, 6.07) is 11.3. The van der Waals surface area contributed by atoms with Gasteiger partial charge in [0.1, 0.15) is 34.0 Å². The van der Waals surface area contributed by atoms with Crippen LogP contribution >= 0.6 is 0 Å². The van der Waals surface area contributed by atoms with Crippen LogP contribution in [0, 0.1) is 5.92 Å². The molecule has 2 bridgehead atoms. The first-order chi connectivity index (χ1) is 16.2. The molecule has 178 valence electrons. The van der Waals surface area contributed by atoms with E-state index < -0.39 is 0 Å². The molecule has 0 radical (unpaired) electrons. The summed E-state index contributed by atoms with van der Waals surface area (Å²) in [5, 5.41) is 11.0. The highest BCUT2D eigenvalue weighted by atomic mass is 16.5. The minimum Gasteiger partial charge on any atom is -0.507 e. The molecule has 2 aromatic rings. The van der Waals surface area contributed by atoms with Gasteiger partial charge in [0.05, 0.1) is 0 Å². The molecule has 4 heteroatoms. The van der Waals surface area contributed by atoms with Crippen LogP contribution in [-0.2, 0) is 0 Å². The molecule has 4 nitrogen and oxygen atoms in total. The molecule has 4 unspecified atom stereocenters. The molecule has 2 aliphatic heterocycles. The van der Waals surface area contributed by atoms with Crippen LogP contribution in [0.25, 0.3) is 6.08 Å². The molecule has 0 saturated heterocycles. The topological polar surface area (TPSA) is 55.8 Å². The van der Waals surface area contributed by atoms with E-state index in [1.165, 1.54) is 11.6 Å². The molecule has 0 amide bonds. The summed E-state index contributed by atoms with van der Waals surface area (Å²) in [7, 11) is 0. The van der Waals surface area contributed by atoms with E-state index in [4.69, 9.17) is 9.47 Å². The van der Waals surface area contributed by atoms with Gasteiger partial charge in [-0.05, 0) is 71.4 Å². The Balaban J connectivity index is 1.56. The van der Waals surface area contributed by atoms with Crippen molar-refractivity contribution >= 4 is 11.9 Å². The molecule has 2 heterocycles. The predicted molar refractivity (Wildman–Crippen MR) is 135 cm³/mol. The molecule has 1 aliphatic carbocycles. The summed E-state index contributed by atoms with van der Waals surface area (Å²) in [5.74, 6) is 1.47. The van der Waals surface area contributed by atoms with Gasteiger partial charge in [0.15, 0.2) is 5.78 Å². The second-order valence-electron chi connectivity index (χ2n) is 10.9. The highest BCUT2D eigenvalue weighted by Gasteiger charge is 2.56. The zero-order valence-corrected chi connectivity index (χ0v) is 20.6. The molecule has 5 rings (SSSR count). The zero-order valence-electron chi connectivity index (χ0n) is 20.6. The maximum Gasteiger partial charge on any atom is 0.193 e. The van der Waals surface area contributed by atoms with Crippen LogP contribution < -0.4 is 9.47 Å². The predicted octanol–water partition coefficient (Wildman–Crippen LogP) is 7.22. The molecule has 3 aliphatic rings. The average Bonchev–Trinajstić information content (AvgIpc) is 2.77. The van der Waals surface area contributed by atoms with Crippen molar-refractivity contribution in [1.82, 2.24) is 0 Å². The largest absolute Gasteiger partial charge is 0.507 e. The van der Waals surface area contributed by atoms with E-state index in [1.807, 2.05) is 30.3 Å². The number of aromatic hydroxyl groups is 1. The first-order valence-corrected chi connectivity index (χ1v) is 12.4. The standard InChI is InChI=1S/C30H34O4/c1-19(2)9-8-15-30(4)22-14-16-29(3)18-21(22)26-25(33-30)17-24(32)27(28(26)34-29)23(31)13-12-20-10-6-5-7-11-20/h5-7,9-13,17,21-22,32H,8,14-16,18H2,1-4H3. The first kappa shape index (κ1) is 22.8. The van der Waals surface area contributed by atoms with Crippen molar-refractivity contribution in [3.63, 3.8) is 0 Å². The van der Waals surface area contributed by atoms with Crippen LogP contribution in [0.1, 0.15) is 87.2 Å². The van der Waals surface area contributed by atoms with Crippen molar-refractivity contribution in [2.45, 2.75) is 76.9 Å². The molecular weight excluding hydrogens is 424 g/mol. The van der Waals surface area contributed by atoms with Crippen molar-refractivity contribution in [2.24, 2.45) is 5.92 Å². The number of benzene rings is 2. The van der Waals surface area contributed by atoms with E-state index in [9.17, 15) is 9.90 Å². The Bertz CT molecular complexity index is 1170. The summed E-state index contributed by atoms with van der Waals surface area (Å²) in [6.45, 7) is 8.60. The van der Waals surface area contributed by atoms with E-state index in [0.29, 0.717) is 17.4 Å². The molecule has 1 fully saturated rings. The second kappa shape index (κ2) is 8.33. The van der Waals surface area contributed by atoms with Crippen molar-refractivity contribution in [3.05, 3.63) is 70.8 Å². The van der Waals surface area contributed by atoms with Gasteiger partial charge in [-0.2, -0.15) is 0 Å². The number of ether oxygens (including phenoxy) is 2. The van der Waals surface area contributed by atoms with Crippen LogP contribution in [0.3, 0.4) is 0 Å². The fourth-order valence-corrected chi connectivity index (χ4v) is 6.19. The SMILES string of the molecule is CC(C)=CCCC1(C)Oc2cc(O)c(C(=O)C=Cc3ccccc3)c3c2C2CC(C)(CCC21)O3. The Kier molecular flexibility index (Phi) is 5.58. The Labute approximate surface area is 202 Å². The summed E-state index contributed by atoms with van der Waals surface area (Å²) < 4.78 is 13.2. The minimum atomic E-state index is -0.338. The van der Waals surface area contributed by atoms with Crippen LogP contribution in [0.4, 0.5) is 0 Å². The second-order valence-corrected chi connectivity index (χ2v) is 10.9. The number of phenolic OH excluding ortho intramolecular Hbond substituents is 1. The van der Waals surface area contributed by atoms with E-state index in [2.05, 4.69) is 33.8 Å². The fraction of sp³-hybridized carbons (Fsp3) is 0.433. The van der Waals surface area contributed by atoms with Gasteiger partial charge in [-0.1, -0.05) is 48.1 Å². The molecule has 2 aromatic carbocycles. The van der Waals surface area contributed by atoms with Gasteiger partial charge in [-0.25, -0.2) is 0 Å². The van der Waals surface area contributed by atoms with Crippen molar-refractivity contribution in [2.75, 3.05) is 0 Å². The number of phenols is 1. The quantitative estimate of drug-likeness (QED) is 0.282. The Morgan fingerprint density at radius 3 is 2.68 bits per heavy atom. The third-order valence-electron chi connectivity index (χ3n) is 7.90. The Morgan fingerprint density at radius 1 is 1.18 bits per heavy atom. The number of allylic oxidation sites excluding steroid dienone is 3. The Hall–Kier alpha value is -3.01. The molecule has 1 saturated carbocycles. The minimum absolute atomic E-state index is 0.0786. The third kappa shape index (κ3) is 3.93. The number of carbonyl (C=O) groups excluding carboxylic acids is 1. The van der Waals surface area contributed by atoms with E-state index in [0.717, 1.165) is 43.2 Å². The number of fused-ring (bicyclic) bond motifs is 1. The molecule has 34 heavy (non-hydrogen) atoms. The van der Waals surface area contributed by atoms with E-state index in [1.54, 1.807) is 12.1 Å². The summed E-state index contributed by atoms with van der Waals surface area (Å²) in [5.41, 5.74) is 2.81. The third-order valence-corrected chi connectivity index (χ3v) is 7.90. The number of carbonyl (C=O) groups is 1. The van der Waals surface area contributed by atoms with Gasteiger partial charge in [0, 0.05) is 23.5 Å². The van der Waals surface area contributed by atoms with Crippen molar-refractivity contribution < 1.29 is 19.4 Å². The maximum absolute atomic E-state index is 13.3. The Morgan fingerprint density at radius 2 is 1.94 bits per heavy atom. The monoisotopic (exact) mass is 458 g/mol. The number of hydrogen-bond acceptors (Lipinski definition) is 4. The lowest BCUT2D eigenvalue weighted by atomic mass is 9.60. The molecule has 1 N–H and O–H groups in total. The van der Waals surface area contributed by atoms with Crippen molar-refractivity contribution in [1.29, 1.82) is 0 Å². The van der Waals surface area contributed by atoms with Gasteiger partial charge in [0.25, 0.3) is 0 Å². The van der Waals surface area contributed by atoms with Gasteiger partial charge < -0.3 is 14.6 Å². The zero-order chi connectivity index (χ0) is 24.1. The first-order valence-electron chi connectivity index (χ1n) is 12.4. The number of hydrogen-bond donors (Lipinski definition) is 1. The molecule has 4 atom stereocenters. The lowest BCUT2D eigenvalue weighted by molar-refractivity contribution is -0.0839. The number of rotatable bonds is 6. The molecule has 0 aromatic heterocycles.